The van der Waals surface area contributed by atoms with E-state index in [4.69, 9.17) is 14.2 Å². The molecule has 1 unspecified atom stereocenters. The van der Waals surface area contributed by atoms with Crippen LogP contribution in [-0.2, 0) is 20.9 Å². The maximum atomic E-state index is 13.0. The van der Waals surface area contributed by atoms with Gasteiger partial charge in [0.25, 0.3) is 0 Å². The second-order valence-electron chi connectivity index (χ2n) is 8.24. The Hall–Kier alpha value is -3.06. The third-order valence-electron chi connectivity index (χ3n) is 5.61. The Balaban J connectivity index is 1.72. The van der Waals surface area contributed by atoms with Gasteiger partial charge in [0.05, 0.1) is 40.5 Å². The first kappa shape index (κ1) is 23.6. The Morgan fingerprint density at radius 1 is 1.00 bits per heavy atom. The summed E-state index contributed by atoms with van der Waals surface area (Å²) >= 11 is 0. The van der Waals surface area contributed by atoms with Crippen molar-refractivity contribution in [1.29, 1.82) is 0 Å². The van der Waals surface area contributed by atoms with Crippen LogP contribution in [0.2, 0.25) is 0 Å². The summed E-state index contributed by atoms with van der Waals surface area (Å²) in [5, 5.41) is 3.19. The highest BCUT2D eigenvalue weighted by Crippen LogP contribution is 2.41. The molecule has 1 aliphatic carbocycles. The van der Waals surface area contributed by atoms with Gasteiger partial charge in [-0.2, -0.15) is 0 Å². The molecule has 0 aliphatic heterocycles. The zero-order chi connectivity index (χ0) is 23.1. The molecule has 0 radical (unpaired) electrons. The number of carbonyl (C=O) groups excluding carboxylic acids is 2. The predicted octanol–water partition coefficient (Wildman–Crippen LogP) is 3.25. The van der Waals surface area contributed by atoms with Crippen molar-refractivity contribution in [3.8, 4) is 11.5 Å². The van der Waals surface area contributed by atoms with Crippen molar-refractivity contribution in [2.75, 3.05) is 34.4 Å². The van der Waals surface area contributed by atoms with Gasteiger partial charge >= 0.3 is 5.97 Å². The number of benzene rings is 2. The number of methoxy groups -OCH3 is 3. The molecule has 1 atom stereocenters. The van der Waals surface area contributed by atoms with Crippen LogP contribution in [0.25, 0.3) is 0 Å². The number of esters is 1. The number of ether oxygens (including phenoxy) is 3. The maximum absolute atomic E-state index is 13.0. The van der Waals surface area contributed by atoms with E-state index in [1.165, 1.54) is 12.7 Å². The summed E-state index contributed by atoms with van der Waals surface area (Å²) in [6.45, 7) is 2.49. The van der Waals surface area contributed by atoms with E-state index in [-0.39, 0.29) is 25.0 Å². The lowest BCUT2D eigenvalue weighted by Gasteiger charge is -2.24. The van der Waals surface area contributed by atoms with Crippen molar-refractivity contribution in [3.63, 3.8) is 0 Å². The van der Waals surface area contributed by atoms with Crippen molar-refractivity contribution < 1.29 is 23.8 Å². The Labute approximate surface area is 189 Å². The van der Waals surface area contributed by atoms with E-state index in [9.17, 15) is 9.59 Å². The van der Waals surface area contributed by atoms with E-state index in [1.54, 1.807) is 25.2 Å². The Morgan fingerprint density at radius 2 is 1.62 bits per heavy atom. The number of hydrogen-bond acceptors (Lipinski definition) is 6. The third kappa shape index (κ3) is 6.72. The van der Waals surface area contributed by atoms with Gasteiger partial charge in [-0.1, -0.05) is 29.8 Å². The van der Waals surface area contributed by atoms with Crippen molar-refractivity contribution >= 4 is 11.9 Å². The van der Waals surface area contributed by atoms with E-state index in [0.717, 1.165) is 24.0 Å². The van der Waals surface area contributed by atoms with Gasteiger partial charge in [-0.15, -0.1) is 0 Å². The fourth-order valence-electron chi connectivity index (χ4n) is 3.73. The van der Waals surface area contributed by atoms with E-state index in [1.807, 2.05) is 19.1 Å². The van der Waals surface area contributed by atoms with E-state index in [0.29, 0.717) is 24.0 Å². The molecule has 1 aliphatic rings. The maximum Gasteiger partial charge on any atom is 0.319 e. The van der Waals surface area contributed by atoms with Gasteiger partial charge in [-0.3, -0.25) is 14.5 Å². The zero-order valence-corrected chi connectivity index (χ0v) is 19.2. The quantitative estimate of drug-likeness (QED) is 0.541. The molecule has 1 fully saturated rings. The summed E-state index contributed by atoms with van der Waals surface area (Å²) in [6, 6.07) is 13.8. The van der Waals surface area contributed by atoms with Crippen molar-refractivity contribution in [1.82, 2.24) is 10.2 Å². The molecular formula is C25H32N2O5. The monoisotopic (exact) mass is 440 g/mol. The van der Waals surface area contributed by atoms with Crippen LogP contribution in [0.1, 0.15) is 35.6 Å². The molecule has 1 amide bonds. The van der Waals surface area contributed by atoms with Crippen LogP contribution in [0.4, 0.5) is 0 Å². The number of nitrogens with zero attached hydrogens (tertiary/aromatic N) is 1. The molecule has 172 valence electrons. The Bertz CT molecular complexity index is 902. The smallest absolute Gasteiger partial charge is 0.319 e. The van der Waals surface area contributed by atoms with Crippen LogP contribution < -0.4 is 14.8 Å². The summed E-state index contributed by atoms with van der Waals surface area (Å²) in [6.07, 6.45) is 2.21. The predicted molar refractivity (Wildman–Crippen MR) is 122 cm³/mol. The standard InChI is InChI=1S/C25H32N2O5/c1-17-5-7-19(8-6-17)25(20-9-10-20)26-23(28)15-27(16-24(29)32-4)14-18-11-21(30-2)13-22(12-18)31-3/h5-8,11-13,20,25H,9-10,14-16H2,1-4H3,(H,26,28). The van der Waals surface area contributed by atoms with Gasteiger partial charge in [0, 0.05) is 12.6 Å². The zero-order valence-electron chi connectivity index (χ0n) is 19.2. The Kier molecular flexibility index (Phi) is 8.11. The number of aryl methyl sites for hydroxylation is 1. The lowest BCUT2D eigenvalue weighted by Crippen LogP contribution is -2.41. The topological polar surface area (TPSA) is 77.1 Å². The first-order valence-electron chi connectivity index (χ1n) is 10.8. The van der Waals surface area contributed by atoms with Crippen molar-refractivity contribution in [2.24, 2.45) is 5.92 Å². The van der Waals surface area contributed by atoms with Gasteiger partial charge in [0.1, 0.15) is 11.5 Å². The van der Waals surface area contributed by atoms with Gasteiger partial charge in [0.15, 0.2) is 0 Å². The van der Waals surface area contributed by atoms with Crippen LogP contribution in [0.5, 0.6) is 11.5 Å². The summed E-state index contributed by atoms with van der Waals surface area (Å²) in [5.74, 6) is 1.23. The molecule has 32 heavy (non-hydrogen) atoms. The molecule has 1 N–H and O–H groups in total. The largest absolute Gasteiger partial charge is 0.497 e. The fourth-order valence-corrected chi connectivity index (χ4v) is 3.73. The molecule has 7 nitrogen and oxygen atoms in total. The fraction of sp³-hybridized carbons (Fsp3) is 0.440. The molecule has 0 saturated heterocycles. The second-order valence-corrected chi connectivity index (χ2v) is 8.24. The summed E-state index contributed by atoms with van der Waals surface area (Å²) in [4.78, 5) is 26.7. The third-order valence-corrected chi connectivity index (χ3v) is 5.61. The lowest BCUT2D eigenvalue weighted by atomic mass is 10.0. The normalized spacial score (nSPS) is 14.0. The molecule has 0 heterocycles. The van der Waals surface area contributed by atoms with E-state index >= 15 is 0 Å². The van der Waals surface area contributed by atoms with Crippen LogP contribution in [0.15, 0.2) is 42.5 Å². The molecule has 1 saturated carbocycles. The molecule has 7 heteroatoms. The minimum atomic E-state index is -0.398. The van der Waals surface area contributed by atoms with Crippen LogP contribution in [0, 0.1) is 12.8 Å². The average molecular weight is 441 g/mol. The molecule has 3 rings (SSSR count). The van der Waals surface area contributed by atoms with Gasteiger partial charge in [-0.05, 0) is 48.9 Å². The van der Waals surface area contributed by atoms with Crippen LogP contribution in [0.3, 0.4) is 0 Å². The summed E-state index contributed by atoms with van der Waals surface area (Å²) in [7, 11) is 4.51. The van der Waals surface area contributed by atoms with Gasteiger partial charge in [-0.25, -0.2) is 0 Å². The van der Waals surface area contributed by atoms with Crippen LogP contribution >= 0.6 is 0 Å². The minimum absolute atomic E-state index is 0.00206. The number of amides is 1. The number of hydrogen-bond donors (Lipinski definition) is 1. The van der Waals surface area contributed by atoms with E-state index < -0.39 is 5.97 Å². The first-order chi connectivity index (χ1) is 15.4. The Morgan fingerprint density at radius 3 is 2.16 bits per heavy atom. The highest BCUT2D eigenvalue weighted by molar-refractivity contribution is 5.79. The highest BCUT2D eigenvalue weighted by Gasteiger charge is 2.33. The lowest BCUT2D eigenvalue weighted by molar-refractivity contribution is -0.142. The number of rotatable bonds is 11. The van der Waals surface area contributed by atoms with Gasteiger partial charge < -0.3 is 19.5 Å². The number of nitrogens with one attached hydrogen (secondary N) is 1. The molecule has 0 aromatic heterocycles. The minimum Gasteiger partial charge on any atom is -0.497 e. The van der Waals surface area contributed by atoms with Gasteiger partial charge in [0.2, 0.25) is 5.91 Å². The number of carbonyl (C=O) groups is 2. The molecular weight excluding hydrogens is 408 g/mol. The van der Waals surface area contributed by atoms with Crippen LogP contribution in [-0.4, -0.2) is 51.2 Å². The molecule has 0 spiro atoms. The molecule has 2 aromatic rings. The summed E-state index contributed by atoms with van der Waals surface area (Å²) in [5.41, 5.74) is 3.17. The average Bonchev–Trinajstić information content (AvgIpc) is 3.63. The molecule has 2 aromatic carbocycles. The van der Waals surface area contributed by atoms with Crippen molar-refractivity contribution in [2.45, 2.75) is 32.4 Å². The highest BCUT2D eigenvalue weighted by atomic mass is 16.5. The van der Waals surface area contributed by atoms with Crippen molar-refractivity contribution in [3.05, 3.63) is 59.2 Å². The second kappa shape index (κ2) is 11.0. The molecule has 0 bridgehead atoms. The first-order valence-corrected chi connectivity index (χ1v) is 10.8. The SMILES string of the molecule is COC(=O)CN(CC(=O)NC(c1ccc(C)cc1)C1CC1)Cc1cc(OC)cc(OC)c1. The summed E-state index contributed by atoms with van der Waals surface area (Å²) < 4.78 is 15.5. The van der Waals surface area contributed by atoms with E-state index in [2.05, 4.69) is 29.6 Å².